The number of alkyl halides is 2. The van der Waals surface area contributed by atoms with Crippen molar-refractivity contribution in [3.63, 3.8) is 0 Å². The van der Waals surface area contributed by atoms with Crippen molar-refractivity contribution < 1.29 is 13.5 Å². The number of rotatable bonds is 2. The van der Waals surface area contributed by atoms with E-state index in [0.717, 1.165) is 10.1 Å². The second-order valence-electron chi connectivity index (χ2n) is 2.44. The van der Waals surface area contributed by atoms with E-state index in [0.29, 0.717) is 0 Å². The summed E-state index contributed by atoms with van der Waals surface area (Å²) < 4.78 is 28.8. The minimum Gasteiger partial charge on any atom is -0.435 e. The first-order valence-corrected chi connectivity index (χ1v) is 4.42. The van der Waals surface area contributed by atoms with Gasteiger partial charge in [-0.25, -0.2) is 0 Å². The van der Waals surface area contributed by atoms with Crippen molar-refractivity contribution in [1.29, 1.82) is 0 Å². The average Bonchev–Trinajstić information content (AvgIpc) is 2.49. The third-order valence-corrected chi connectivity index (χ3v) is 2.40. The zero-order chi connectivity index (χ0) is 9.26. The molecule has 4 heteroatoms. The van der Waals surface area contributed by atoms with Gasteiger partial charge < -0.3 is 4.74 Å². The lowest BCUT2D eigenvalue weighted by atomic mass is 10.2. The van der Waals surface area contributed by atoms with Gasteiger partial charge in [0.2, 0.25) is 0 Å². The summed E-state index contributed by atoms with van der Waals surface area (Å²) in [6.07, 6.45) is 0. The number of hydrogen-bond donors (Lipinski definition) is 0. The molecule has 0 N–H and O–H groups in total. The van der Waals surface area contributed by atoms with Gasteiger partial charge in [0.1, 0.15) is 5.75 Å². The van der Waals surface area contributed by atoms with E-state index in [-0.39, 0.29) is 5.75 Å². The van der Waals surface area contributed by atoms with E-state index in [2.05, 4.69) is 10.1 Å². The van der Waals surface area contributed by atoms with Crippen LogP contribution in [-0.2, 0) is 0 Å². The van der Waals surface area contributed by atoms with E-state index >= 15 is 0 Å². The molecule has 1 heterocycles. The summed E-state index contributed by atoms with van der Waals surface area (Å²) >= 11 is 1.38. The van der Waals surface area contributed by atoms with Crippen LogP contribution in [0.4, 0.5) is 8.78 Å². The lowest BCUT2D eigenvalue weighted by Gasteiger charge is -2.03. The first-order chi connectivity index (χ1) is 6.25. The first-order valence-electron chi connectivity index (χ1n) is 3.60. The molecular weight excluding hydrogens is 194 g/mol. The minimum atomic E-state index is -2.76. The van der Waals surface area contributed by atoms with Crippen LogP contribution in [0.3, 0.4) is 0 Å². The van der Waals surface area contributed by atoms with Crippen LogP contribution in [0.25, 0.3) is 10.1 Å². The molecule has 0 atom stereocenters. The van der Waals surface area contributed by atoms with E-state index in [4.69, 9.17) is 0 Å². The molecule has 0 fully saturated rings. The third-order valence-electron chi connectivity index (χ3n) is 1.59. The second kappa shape index (κ2) is 3.30. The van der Waals surface area contributed by atoms with Gasteiger partial charge >= 0.3 is 6.61 Å². The Morgan fingerprint density at radius 2 is 2.23 bits per heavy atom. The second-order valence-corrected chi connectivity index (χ2v) is 3.32. The largest absolute Gasteiger partial charge is 0.435 e. The summed E-state index contributed by atoms with van der Waals surface area (Å²) in [4.78, 5) is 0. The predicted molar refractivity (Wildman–Crippen MR) is 47.3 cm³/mol. The van der Waals surface area contributed by atoms with Crippen LogP contribution in [0.5, 0.6) is 5.75 Å². The molecule has 2 aromatic rings. The fraction of sp³-hybridized carbons (Fsp3) is 0.111. The molecule has 0 unspecified atom stereocenters. The summed E-state index contributed by atoms with van der Waals surface area (Å²) in [5, 5.41) is 3.91. The zero-order valence-electron chi connectivity index (χ0n) is 6.46. The van der Waals surface area contributed by atoms with Crippen molar-refractivity contribution in [2.45, 2.75) is 6.61 Å². The summed E-state index contributed by atoms with van der Waals surface area (Å²) in [7, 11) is 0. The van der Waals surface area contributed by atoms with Gasteiger partial charge in [0.25, 0.3) is 0 Å². The fourth-order valence-electron chi connectivity index (χ4n) is 1.05. The SMILES string of the molecule is FC(F)Oc1ccc2c[c]sc2c1. The standard InChI is InChI=1S/C9H5F2OS/c10-9(11)12-7-2-1-6-3-4-13-8(6)5-7/h1-3,5,9H. The van der Waals surface area contributed by atoms with E-state index in [1.165, 1.54) is 17.4 Å². The van der Waals surface area contributed by atoms with Crippen molar-refractivity contribution in [3.05, 3.63) is 29.6 Å². The number of hydrogen-bond acceptors (Lipinski definition) is 2. The van der Waals surface area contributed by atoms with Crippen molar-refractivity contribution in [2.75, 3.05) is 0 Å². The molecule has 0 saturated heterocycles. The highest BCUT2D eigenvalue weighted by atomic mass is 32.1. The van der Waals surface area contributed by atoms with Crippen LogP contribution < -0.4 is 4.74 Å². The highest BCUT2D eigenvalue weighted by Gasteiger charge is 2.04. The van der Waals surface area contributed by atoms with Crippen LogP contribution in [0.15, 0.2) is 24.3 Å². The van der Waals surface area contributed by atoms with Gasteiger partial charge in [-0.05, 0) is 29.7 Å². The Bertz CT molecular complexity index is 411. The van der Waals surface area contributed by atoms with Gasteiger partial charge in [-0.1, -0.05) is 0 Å². The van der Waals surface area contributed by atoms with Crippen LogP contribution in [-0.4, -0.2) is 6.61 Å². The summed E-state index contributed by atoms with van der Waals surface area (Å²) in [6.45, 7) is -2.76. The molecule has 1 aromatic heterocycles. The van der Waals surface area contributed by atoms with Crippen LogP contribution in [0.2, 0.25) is 0 Å². The van der Waals surface area contributed by atoms with Crippen LogP contribution in [0.1, 0.15) is 0 Å². The van der Waals surface area contributed by atoms with E-state index in [9.17, 15) is 8.78 Å². The van der Waals surface area contributed by atoms with Crippen LogP contribution in [0, 0.1) is 5.38 Å². The average molecular weight is 199 g/mol. The minimum absolute atomic E-state index is 0.193. The molecule has 67 valence electrons. The molecule has 1 aromatic carbocycles. The quantitative estimate of drug-likeness (QED) is 0.721. The smallest absolute Gasteiger partial charge is 0.387 e. The van der Waals surface area contributed by atoms with Gasteiger partial charge in [0, 0.05) is 10.1 Å². The van der Waals surface area contributed by atoms with E-state index in [1.54, 1.807) is 12.1 Å². The molecule has 0 saturated carbocycles. The third kappa shape index (κ3) is 1.78. The number of ether oxygens (including phenoxy) is 1. The molecular formula is C9H5F2OS. The number of halogens is 2. The maximum Gasteiger partial charge on any atom is 0.387 e. The molecule has 0 aliphatic carbocycles. The van der Waals surface area contributed by atoms with Gasteiger partial charge in [-0.15, -0.1) is 11.3 Å². The van der Waals surface area contributed by atoms with Gasteiger partial charge in [-0.2, -0.15) is 8.78 Å². The van der Waals surface area contributed by atoms with Crippen LogP contribution >= 0.6 is 11.3 Å². The number of thiophene rings is 1. The number of fused-ring (bicyclic) bond motifs is 1. The Morgan fingerprint density at radius 3 is 3.00 bits per heavy atom. The topological polar surface area (TPSA) is 9.23 Å². The highest BCUT2D eigenvalue weighted by molar-refractivity contribution is 7.16. The molecule has 0 amide bonds. The van der Waals surface area contributed by atoms with Crippen molar-refractivity contribution >= 4 is 21.4 Å². The molecule has 0 spiro atoms. The Hall–Kier alpha value is -1.16. The summed E-state index contributed by atoms with van der Waals surface area (Å²) in [5.74, 6) is 0.193. The van der Waals surface area contributed by atoms with Gasteiger partial charge in [-0.3, -0.25) is 0 Å². The maximum absolute atomic E-state index is 11.8. The van der Waals surface area contributed by atoms with Crippen molar-refractivity contribution in [3.8, 4) is 5.75 Å². The Balaban J connectivity index is 2.37. The summed E-state index contributed by atoms with van der Waals surface area (Å²) in [5.41, 5.74) is 0. The Labute approximate surface area is 77.6 Å². The molecule has 2 rings (SSSR count). The molecule has 13 heavy (non-hydrogen) atoms. The van der Waals surface area contributed by atoms with Gasteiger partial charge in [0.15, 0.2) is 0 Å². The molecule has 0 aliphatic rings. The first kappa shape index (κ1) is 8.44. The van der Waals surface area contributed by atoms with E-state index < -0.39 is 6.61 Å². The monoisotopic (exact) mass is 199 g/mol. The lowest BCUT2D eigenvalue weighted by molar-refractivity contribution is -0.0497. The van der Waals surface area contributed by atoms with Gasteiger partial charge in [0.05, 0.1) is 0 Å². The molecule has 0 aliphatic heterocycles. The zero-order valence-corrected chi connectivity index (χ0v) is 7.28. The Morgan fingerprint density at radius 1 is 1.38 bits per heavy atom. The highest BCUT2D eigenvalue weighted by Crippen LogP contribution is 2.25. The normalized spacial score (nSPS) is 11.0. The summed E-state index contributed by atoms with van der Waals surface area (Å²) in [6, 6.07) is 6.66. The van der Waals surface area contributed by atoms with E-state index in [1.807, 2.05) is 6.07 Å². The molecule has 1 radical (unpaired) electrons. The predicted octanol–water partition coefficient (Wildman–Crippen LogP) is 3.30. The molecule has 1 nitrogen and oxygen atoms in total. The number of benzene rings is 1. The maximum atomic E-state index is 11.8. The molecule has 0 bridgehead atoms. The van der Waals surface area contributed by atoms with Crippen molar-refractivity contribution in [1.82, 2.24) is 0 Å². The Kier molecular flexibility index (Phi) is 2.14. The lowest BCUT2D eigenvalue weighted by Crippen LogP contribution is -2.01. The fourth-order valence-corrected chi connectivity index (χ4v) is 1.79. The van der Waals surface area contributed by atoms with Crippen molar-refractivity contribution in [2.24, 2.45) is 0 Å².